The molecule has 0 atom stereocenters. The number of ether oxygens (including phenoxy) is 1. The minimum absolute atomic E-state index is 0.344. The highest BCUT2D eigenvalue weighted by molar-refractivity contribution is 5.81. The largest absolute Gasteiger partial charge is 0.462 e. The lowest BCUT2D eigenvalue weighted by Crippen LogP contribution is -2.22. The molecule has 0 amide bonds. The van der Waals surface area contributed by atoms with Crippen LogP contribution in [-0.2, 0) is 9.53 Å². The van der Waals surface area contributed by atoms with Crippen molar-refractivity contribution < 1.29 is 9.53 Å². The molecule has 0 aliphatic heterocycles. The molecular formula is C10H19NO2. The van der Waals surface area contributed by atoms with Gasteiger partial charge in [-0.25, -0.2) is 4.79 Å². The molecule has 0 rings (SSSR count). The minimum atomic E-state index is -0.344. The fourth-order valence-electron chi connectivity index (χ4n) is 0.820. The highest BCUT2D eigenvalue weighted by Crippen LogP contribution is 1.88. The van der Waals surface area contributed by atoms with Gasteiger partial charge < -0.3 is 10.1 Å². The maximum atomic E-state index is 10.6. The molecule has 0 aromatic heterocycles. The number of nitrogens with one attached hydrogen (secondary N) is 1. The molecule has 76 valence electrons. The van der Waals surface area contributed by atoms with E-state index >= 15 is 0 Å². The maximum absolute atomic E-state index is 10.6. The zero-order valence-corrected chi connectivity index (χ0v) is 8.51. The predicted octanol–water partition coefficient (Wildman–Crippen LogP) is 1.35. The van der Waals surface area contributed by atoms with Crippen LogP contribution in [0.2, 0.25) is 0 Å². The van der Waals surface area contributed by atoms with Gasteiger partial charge in [0.05, 0.1) is 6.61 Å². The second-order valence-corrected chi connectivity index (χ2v) is 3.32. The van der Waals surface area contributed by atoms with Crippen LogP contribution in [0.15, 0.2) is 12.7 Å². The molecule has 0 heterocycles. The Kier molecular flexibility index (Phi) is 7.30. The molecule has 0 bridgehead atoms. The van der Waals surface area contributed by atoms with Gasteiger partial charge in [0.25, 0.3) is 0 Å². The van der Waals surface area contributed by atoms with Crippen molar-refractivity contribution in [2.45, 2.75) is 20.3 Å². The lowest BCUT2D eigenvalue weighted by molar-refractivity contribution is -0.137. The lowest BCUT2D eigenvalue weighted by Gasteiger charge is -2.06. The van der Waals surface area contributed by atoms with Crippen molar-refractivity contribution in [1.82, 2.24) is 5.32 Å². The van der Waals surface area contributed by atoms with Crippen LogP contribution in [0.5, 0.6) is 0 Å². The first-order valence-electron chi connectivity index (χ1n) is 4.66. The predicted molar refractivity (Wildman–Crippen MR) is 53.5 cm³/mol. The number of esters is 1. The third-order valence-electron chi connectivity index (χ3n) is 1.46. The number of rotatable bonds is 7. The average molecular weight is 185 g/mol. The summed E-state index contributed by atoms with van der Waals surface area (Å²) in [7, 11) is 0. The molecule has 3 heteroatoms. The lowest BCUT2D eigenvalue weighted by atomic mass is 10.2. The zero-order valence-electron chi connectivity index (χ0n) is 8.51. The number of carbonyl (C=O) groups excluding carboxylic acids is 1. The van der Waals surface area contributed by atoms with Gasteiger partial charge in [0.15, 0.2) is 0 Å². The smallest absolute Gasteiger partial charge is 0.330 e. The Morgan fingerprint density at radius 1 is 1.62 bits per heavy atom. The van der Waals surface area contributed by atoms with Crippen LogP contribution in [-0.4, -0.2) is 25.7 Å². The Hall–Kier alpha value is -0.830. The van der Waals surface area contributed by atoms with Crippen molar-refractivity contribution in [2.24, 2.45) is 5.92 Å². The summed E-state index contributed by atoms with van der Waals surface area (Å²) in [5.41, 5.74) is 0. The molecule has 0 unspecified atom stereocenters. The van der Waals surface area contributed by atoms with Crippen molar-refractivity contribution in [3.05, 3.63) is 12.7 Å². The molecule has 0 radical (unpaired) electrons. The molecule has 1 N–H and O–H groups in total. The number of hydrogen-bond donors (Lipinski definition) is 1. The summed E-state index contributed by atoms with van der Waals surface area (Å²) in [4.78, 5) is 10.6. The molecule has 0 fully saturated rings. The van der Waals surface area contributed by atoms with Gasteiger partial charge in [-0.3, -0.25) is 0 Å². The Balaban J connectivity index is 3.08. The van der Waals surface area contributed by atoms with E-state index in [1.165, 1.54) is 6.08 Å². The SMILES string of the molecule is C=CC(=O)OCCCNCC(C)C. The molecule has 0 saturated heterocycles. The fraction of sp³-hybridized carbons (Fsp3) is 0.700. The van der Waals surface area contributed by atoms with Crippen molar-refractivity contribution in [3.8, 4) is 0 Å². The Bertz CT molecular complexity index is 155. The fourth-order valence-corrected chi connectivity index (χ4v) is 0.820. The zero-order chi connectivity index (χ0) is 10.1. The summed E-state index contributed by atoms with van der Waals surface area (Å²) in [5, 5.41) is 3.26. The van der Waals surface area contributed by atoms with E-state index in [0.29, 0.717) is 12.5 Å². The summed E-state index contributed by atoms with van der Waals surface area (Å²) in [6.07, 6.45) is 2.04. The van der Waals surface area contributed by atoms with Crippen molar-refractivity contribution in [3.63, 3.8) is 0 Å². The van der Waals surface area contributed by atoms with E-state index < -0.39 is 0 Å². The van der Waals surface area contributed by atoms with Gasteiger partial charge >= 0.3 is 5.97 Å². The van der Waals surface area contributed by atoms with E-state index in [9.17, 15) is 4.79 Å². The molecule has 0 aliphatic rings. The number of carbonyl (C=O) groups is 1. The maximum Gasteiger partial charge on any atom is 0.330 e. The second kappa shape index (κ2) is 7.80. The van der Waals surface area contributed by atoms with Gasteiger partial charge in [-0.15, -0.1) is 0 Å². The van der Waals surface area contributed by atoms with Gasteiger partial charge in [-0.2, -0.15) is 0 Å². The van der Waals surface area contributed by atoms with E-state index in [1.54, 1.807) is 0 Å². The van der Waals surface area contributed by atoms with Crippen LogP contribution < -0.4 is 5.32 Å². The third kappa shape index (κ3) is 9.08. The van der Waals surface area contributed by atoms with E-state index in [0.717, 1.165) is 19.5 Å². The quantitative estimate of drug-likeness (QED) is 0.369. The Labute approximate surface area is 80.2 Å². The van der Waals surface area contributed by atoms with Gasteiger partial charge in [-0.05, 0) is 25.4 Å². The van der Waals surface area contributed by atoms with Crippen molar-refractivity contribution >= 4 is 5.97 Å². The molecular weight excluding hydrogens is 166 g/mol. The van der Waals surface area contributed by atoms with Gasteiger partial charge in [0.2, 0.25) is 0 Å². The molecule has 0 saturated carbocycles. The first-order valence-corrected chi connectivity index (χ1v) is 4.66. The van der Waals surface area contributed by atoms with E-state index in [1.807, 2.05) is 0 Å². The Morgan fingerprint density at radius 2 is 2.31 bits per heavy atom. The second-order valence-electron chi connectivity index (χ2n) is 3.32. The molecule has 0 aromatic rings. The van der Waals surface area contributed by atoms with Gasteiger partial charge in [-0.1, -0.05) is 20.4 Å². The molecule has 13 heavy (non-hydrogen) atoms. The van der Waals surface area contributed by atoms with Crippen LogP contribution in [0.25, 0.3) is 0 Å². The van der Waals surface area contributed by atoms with Crippen molar-refractivity contribution in [2.75, 3.05) is 19.7 Å². The van der Waals surface area contributed by atoms with Gasteiger partial charge in [0.1, 0.15) is 0 Å². The van der Waals surface area contributed by atoms with E-state index in [-0.39, 0.29) is 5.97 Å². The molecule has 0 aliphatic carbocycles. The van der Waals surface area contributed by atoms with E-state index in [4.69, 9.17) is 4.74 Å². The first kappa shape index (κ1) is 12.2. The summed E-state index contributed by atoms with van der Waals surface area (Å²) >= 11 is 0. The summed E-state index contributed by atoms with van der Waals surface area (Å²) in [5.74, 6) is 0.319. The van der Waals surface area contributed by atoms with Gasteiger partial charge in [0, 0.05) is 6.08 Å². The number of hydrogen-bond acceptors (Lipinski definition) is 3. The topological polar surface area (TPSA) is 38.3 Å². The highest BCUT2D eigenvalue weighted by atomic mass is 16.5. The first-order chi connectivity index (χ1) is 6.16. The van der Waals surface area contributed by atoms with Crippen LogP contribution in [0.4, 0.5) is 0 Å². The highest BCUT2D eigenvalue weighted by Gasteiger charge is 1.95. The van der Waals surface area contributed by atoms with Crippen LogP contribution in [0.1, 0.15) is 20.3 Å². The summed E-state index contributed by atoms with van der Waals surface area (Å²) in [6.45, 7) is 9.99. The normalized spacial score (nSPS) is 10.1. The van der Waals surface area contributed by atoms with E-state index in [2.05, 4.69) is 25.7 Å². The molecule has 3 nitrogen and oxygen atoms in total. The third-order valence-corrected chi connectivity index (χ3v) is 1.46. The summed E-state index contributed by atoms with van der Waals surface area (Å²) < 4.78 is 4.80. The van der Waals surface area contributed by atoms with Crippen LogP contribution in [0, 0.1) is 5.92 Å². The standard InChI is InChI=1S/C10H19NO2/c1-4-10(12)13-7-5-6-11-8-9(2)3/h4,9,11H,1,5-8H2,2-3H3. The summed E-state index contributed by atoms with van der Waals surface area (Å²) in [6, 6.07) is 0. The Morgan fingerprint density at radius 3 is 2.85 bits per heavy atom. The molecule has 0 aromatic carbocycles. The van der Waals surface area contributed by atoms with Crippen LogP contribution in [0.3, 0.4) is 0 Å². The minimum Gasteiger partial charge on any atom is -0.462 e. The average Bonchev–Trinajstić information content (AvgIpc) is 2.10. The molecule has 0 spiro atoms. The monoisotopic (exact) mass is 185 g/mol. The van der Waals surface area contributed by atoms with Crippen molar-refractivity contribution in [1.29, 1.82) is 0 Å². The van der Waals surface area contributed by atoms with Crippen LogP contribution >= 0.6 is 0 Å².